The van der Waals surface area contributed by atoms with Gasteiger partial charge in [-0.3, -0.25) is 14.4 Å². The highest BCUT2D eigenvalue weighted by Crippen LogP contribution is 2.35. The van der Waals surface area contributed by atoms with Crippen molar-refractivity contribution in [3.05, 3.63) is 58.6 Å². The topological polar surface area (TPSA) is 147 Å². The predicted octanol–water partition coefficient (Wildman–Crippen LogP) is 0.690. The Morgan fingerprint density at radius 3 is 2.76 bits per heavy atom. The van der Waals surface area contributed by atoms with Crippen molar-refractivity contribution in [3.63, 3.8) is 0 Å². The number of hydrogen-bond donors (Lipinski definition) is 2. The minimum Gasteiger partial charge on any atom is -0.456 e. The number of halogens is 2. The minimum absolute atomic E-state index is 0.0153. The van der Waals surface area contributed by atoms with Crippen molar-refractivity contribution >= 4 is 23.9 Å². The lowest BCUT2D eigenvalue weighted by Gasteiger charge is -2.42. The number of amides is 3. The fourth-order valence-corrected chi connectivity index (χ4v) is 5.18. The standard InChI is InChI=1S/C27H30F2N4O9/c1-15-13-40-21-12-32-11-18(25(36)30-10-16-4-5-17(28)9-19(16)29)23(35)24(22(32)26(37)33(15)21)41-14-42-27(38)39-8-7-31-6-2-3-20(31)34/h4-5,9,11,15,21,23,35H,2-3,6-8,10,12-14H2,1H3,(H,30,36)/t15-,21+,23?/m0/s1. The highest BCUT2D eigenvalue weighted by molar-refractivity contribution is 5.99. The summed E-state index contributed by atoms with van der Waals surface area (Å²) in [5.41, 5.74) is -0.287. The number of nitrogens with zero attached hydrogens (tertiary/aromatic N) is 3. The lowest BCUT2D eigenvalue weighted by atomic mass is 9.99. The Labute approximate surface area is 239 Å². The summed E-state index contributed by atoms with van der Waals surface area (Å²) in [4.78, 5) is 54.7. The largest absolute Gasteiger partial charge is 0.511 e. The summed E-state index contributed by atoms with van der Waals surface area (Å²) in [7, 11) is 0. The minimum atomic E-state index is -1.76. The summed E-state index contributed by atoms with van der Waals surface area (Å²) in [6.07, 6.45) is -0.994. The van der Waals surface area contributed by atoms with E-state index in [2.05, 4.69) is 5.32 Å². The molecule has 3 fully saturated rings. The molecule has 3 amide bonds. The molecule has 5 rings (SSSR count). The Kier molecular flexibility index (Phi) is 8.59. The van der Waals surface area contributed by atoms with E-state index in [0.717, 1.165) is 12.5 Å². The number of carbonyl (C=O) groups excluding carboxylic acids is 4. The van der Waals surface area contributed by atoms with Gasteiger partial charge in [-0.05, 0) is 19.4 Å². The SMILES string of the molecule is C[C@H]1CO[C@@H]2CN3C=C(C(=O)NCc4ccc(F)cc4F)C(O)C(OCOC(=O)OCCN4CCCC4=O)=C3C(=O)N12. The Morgan fingerprint density at radius 2 is 2.02 bits per heavy atom. The Morgan fingerprint density at radius 1 is 1.21 bits per heavy atom. The molecule has 13 nitrogen and oxygen atoms in total. The van der Waals surface area contributed by atoms with Gasteiger partial charge in [0.1, 0.15) is 30.0 Å². The number of rotatable bonds is 9. The molecule has 0 bridgehead atoms. The van der Waals surface area contributed by atoms with E-state index < -0.39 is 48.7 Å². The van der Waals surface area contributed by atoms with Gasteiger partial charge in [0, 0.05) is 37.3 Å². The zero-order valence-electron chi connectivity index (χ0n) is 22.7. The lowest BCUT2D eigenvalue weighted by molar-refractivity contribution is -0.141. The second-order valence-corrected chi connectivity index (χ2v) is 10.1. The molecule has 3 saturated heterocycles. The number of fused-ring (bicyclic) bond motifs is 2. The van der Waals surface area contributed by atoms with Crippen molar-refractivity contribution < 1.29 is 52.0 Å². The average Bonchev–Trinajstić information content (AvgIpc) is 3.53. The second kappa shape index (κ2) is 12.3. The number of carbonyl (C=O) groups is 4. The van der Waals surface area contributed by atoms with E-state index in [1.807, 2.05) is 0 Å². The molecule has 1 aromatic carbocycles. The van der Waals surface area contributed by atoms with Gasteiger partial charge in [-0.15, -0.1) is 0 Å². The van der Waals surface area contributed by atoms with Gasteiger partial charge in [-0.1, -0.05) is 6.07 Å². The van der Waals surface area contributed by atoms with E-state index in [1.54, 1.807) is 11.8 Å². The van der Waals surface area contributed by atoms with E-state index in [9.17, 15) is 33.1 Å². The van der Waals surface area contributed by atoms with Gasteiger partial charge in [0.2, 0.25) is 12.7 Å². The van der Waals surface area contributed by atoms with E-state index in [0.29, 0.717) is 19.0 Å². The van der Waals surface area contributed by atoms with Crippen LogP contribution in [0.25, 0.3) is 0 Å². The van der Waals surface area contributed by atoms with E-state index in [1.165, 1.54) is 22.1 Å². The molecule has 4 heterocycles. The third-order valence-corrected chi connectivity index (χ3v) is 7.32. The quantitative estimate of drug-likeness (QED) is 0.310. The molecule has 0 radical (unpaired) electrons. The maximum Gasteiger partial charge on any atom is 0.511 e. The number of aliphatic hydroxyl groups is 1. The highest BCUT2D eigenvalue weighted by atomic mass is 19.1. The first-order valence-electron chi connectivity index (χ1n) is 13.4. The molecule has 42 heavy (non-hydrogen) atoms. The summed E-state index contributed by atoms with van der Waals surface area (Å²) >= 11 is 0. The molecular weight excluding hydrogens is 562 g/mol. The zero-order chi connectivity index (χ0) is 30.0. The molecule has 4 aliphatic heterocycles. The van der Waals surface area contributed by atoms with Gasteiger partial charge in [0.25, 0.3) is 11.8 Å². The fourth-order valence-electron chi connectivity index (χ4n) is 5.18. The van der Waals surface area contributed by atoms with Gasteiger partial charge in [-0.25, -0.2) is 13.6 Å². The van der Waals surface area contributed by atoms with Crippen LogP contribution in [0.4, 0.5) is 13.6 Å². The number of hydrogen-bond acceptors (Lipinski definition) is 10. The van der Waals surface area contributed by atoms with Crippen molar-refractivity contribution in [1.82, 2.24) is 20.0 Å². The monoisotopic (exact) mass is 592 g/mol. The van der Waals surface area contributed by atoms with Crippen molar-refractivity contribution in [1.29, 1.82) is 0 Å². The van der Waals surface area contributed by atoms with Crippen LogP contribution in [-0.2, 0) is 39.9 Å². The van der Waals surface area contributed by atoms with E-state index in [-0.39, 0.29) is 67.4 Å². The first kappa shape index (κ1) is 29.3. The second-order valence-electron chi connectivity index (χ2n) is 10.1. The van der Waals surface area contributed by atoms with Crippen LogP contribution in [0, 0.1) is 11.6 Å². The average molecular weight is 593 g/mol. The first-order valence-corrected chi connectivity index (χ1v) is 13.4. The zero-order valence-corrected chi connectivity index (χ0v) is 22.7. The summed E-state index contributed by atoms with van der Waals surface area (Å²) in [6.45, 7) is 1.84. The molecule has 3 atom stereocenters. The maximum atomic E-state index is 14.1. The molecule has 0 saturated carbocycles. The Hall–Kier alpha value is -4.24. The van der Waals surface area contributed by atoms with Gasteiger partial charge in [-0.2, -0.15) is 0 Å². The lowest BCUT2D eigenvalue weighted by Crippen LogP contribution is -2.55. The molecule has 226 valence electrons. The fraction of sp³-hybridized carbons (Fsp3) is 0.481. The number of nitrogens with one attached hydrogen (secondary N) is 1. The van der Waals surface area contributed by atoms with Crippen LogP contribution in [0.3, 0.4) is 0 Å². The van der Waals surface area contributed by atoms with Gasteiger partial charge >= 0.3 is 6.16 Å². The van der Waals surface area contributed by atoms with Crippen molar-refractivity contribution in [2.75, 3.05) is 39.6 Å². The van der Waals surface area contributed by atoms with Crippen molar-refractivity contribution in [3.8, 4) is 0 Å². The molecule has 0 aromatic heterocycles. The van der Waals surface area contributed by atoms with Crippen LogP contribution in [0.15, 0.2) is 41.4 Å². The summed E-state index contributed by atoms with van der Waals surface area (Å²) in [5, 5.41) is 13.6. The normalized spacial score (nSPS) is 23.5. The van der Waals surface area contributed by atoms with E-state index in [4.69, 9.17) is 18.9 Å². The predicted molar refractivity (Wildman–Crippen MR) is 136 cm³/mol. The Balaban J connectivity index is 1.26. The number of piperazine rings is 1. The van der Waals surface area contributed by atoms with E-state index >= 15 is 0 Å². The third kappa shape index (κ3) is 6.01. The van der Waals surface area contributed by atoms with Crippen LogP contribution in [0.5, 0.6) is 0 Å². The van der Waals surface area contributed by atoms with Crippen LogP contribution in [-0.4, -0.2) is 102 Å². The van der Waals surface area contributed by atoms with Crippen LogP contribution >= 0.6 is 0 Å². The molecule has 0 aliphatic carbocycles. The molecule has 15 heteroatoms. The third-order valence-electron chi connectivity index (χ3n) is 7.32. The number of benzene rings is 1. The number of likely N-dealkylation sites (tertiary alicyclic amines) is 1. The molecule has 4 aliphatic rings. The van der Waals surface area contributed by atoms with Crippen LogP contribution in [0.1, 0.15) is 25.3 Å². The van der Waals surface area contributed by atoms with Crippen LogP contribution < -0.4 is 5.32 Å². The van der Waals surface area contributed by atoms with Crippen molar-refractivity contribution in [2.24, 2.45) is 0 Å². The first-order chi connectivity index (χ1) is 20.1. The highest BCUT2D eigenvalue weighted by Gasteiger charge is 2.48. The molecular formula is C27H30F2N4O9. The summed E-state index contributed by atoms with van der Waals surface area (Å²) < 4.78 is 48.5. The molecule has 2 N–H and O–H groups in total. The molecule has 1 unspecified atom stereocenters. The van der Waals surface area contributed by atoms with Gasteiger partial charge in [0.05, 0.1) is 31.3 Å². The summed E-state index contributed by atoms with van der Waals surface area (Å²) in [5.74, 6) is -3.32. The smallest absolute Gasteiger partial charge is 0.456 e. The molecule has 1 aromatic rings. The number of ether oxygens (including phenoxy) is 4. The van der Waals surface area contributed by atoms with Gasteiger partial charge < -0.3 is 44.1 Å². The Bertz CT molecular complexity index is 1340. The number of aliphatic hydroxyl groups excluding tert-OH is 1. The maximum absolute atomic E-state index is 14.1. The summed E-state index contributed by atoms with van der Waals surface area (Å²) in [6, 6.07) is 2.65. The van der Waals surface area contributed by atoms with Gasteiger partial charge in [0.15, 0.2) is 12.0 Å². The van der Waals surface area contributed by atoms with Crippen LogP contribution in [0.2, 0.25) is 0 Å². The van der Waals surface area contributed by atoms with Crippen molar-refractivity contribution in [2.45, 2.75) is 44.7 Å². The molecule has 0 spiro atoms.